The summed E-state index contributed by atoms with van der Waals surface area (Å²) in [6.45, 7) is 8.14. The van der Waals surface area contributed by atoms with Crippen LogP contribution in [0.5, 0.6) is 5.75 Å². The van der Waals surface area contributed by atoms with Crippen molar-refractivity contribution in [3.05, 3.63) is 58.7 Å². The van der Waals surface area contributed by atoms with Gasteiger partial charge in [0.05, 0.1) is 0 Å². The van der Waals surface area contributed by atoms with Gasteiger partial charge in [-0.3, -0.25) is 4.79 Å². The predicted octanol–water partition coefficient (Wildman–Crippen LogP) is 4.19. The fraction of sp³-hybridized carbons (Fsp3) is 0.316. The minimum absolute atomic E-state index is 0.0167. The van der Waals surface area contributed by atoms with Gasteiger partial charge in [0.1, 0.15) is 5.75 Å². The van der Waals surface area contributed by atoms with Crippen molar-refractivity contribution in [2.24, 2.45) is 0 Å². The number of hydrogen-bond acceptors (Lipinski definition) is 2. The summed E-state index contributed by atoms with van der Waals surface area (Å²) in [5.41, 5.74) is 5.29. The van der Waals surface area contributed by atoms with Crippen molar-refractivity contribution < 1.29 is 9.53 Å². The molecule has 116 valence electrons. The number of rotatable bonds is 5. The van der Waals surface area contributed by atoms with Gasteiger partial charge < -0.3 is 10.1 Å². The van der Waals surface area contributed by atoms with E-state index in [1.54, 1.807) is 0 Å². The van der Waals surface area contributed by atoms with E-state index in [1.807, 2.05) is 38.1 Å². The quantitative estimate of drug-likeness (QED) is 0.898. The van der Waals surface area contributed by atoms with Gasteiger partial charge in [-0.05, 0) is 49.9 Å². The van der Waals surface area contributed by atoms with Gasteiger partial charge in [-0.25, -0.2) is 0 Å². The van der Waals surface area contributed by atoms with Gasteiger partial charge in [0, 0.05) is 5.69 Å². The summed E-state index contributed by atoms with van der Waals surface area (Å²) in [5.74, 6) is 0.657. The molecule has 1 N–H and O–H groups in total. The number of carbonyl (C=O) groups is 1. The first-order valence-corrected chi connectivity index (χ1v) is 7.59. The zero-order valence-electron chi connectivity index (χ0n) is 13.7. The maximum atomic E-state index is 12.1. The van der Waals surface area contributed by atoms with Gasteiger partial charge in [0.15, 0.2) is 6.61 Å². The first kappa shape index (κ1) is 16.1. The molecule has 0 aromatic heterocycles. The normalized spacial score (nSPS) is 10.4. The lowest BCUT2D eigenvalue weighted by atomic mass is 10.1. The lowest BCUT2D eigenvalue weighted by Crippen LogP contribution is -2.21. The first-order chi connectivity index (χ1) is 10.5. The second-order valence-electron chi connectivity index (χ2n) is 5.58. The monoisotopic (exact) mass is 297 g/mol. The zero-order valence-corrected chi connectivity index (χ0v) is 13.7. The Bertz CT molecular complexity index is 654. The van der Waals surface area contributed by atoms with Crippen molar-refractivity contribution in [1.82, 2.24) is 0 Å². The molecule has 3 heteroatoms. The molecule has 0 saturated heterocycles. The van der Waals surface area contributed by atoms with E-state index in [4.69, 9.17) is 4.74 Å². The molecule has 0 spiro atoms. The van der Waals surface area contributed by atoms with Crippen LogP contribution in [0.3, 0.4) is 0 Å². The first-order valence-electron chi connectivity index (χ1n) is 7.59. The molecule has 0 aliphatic heterocycles. The molecular formula is C19H23NO2. The number of anilines is 1. The van der Waals surface area contributed by atoms with E-state index >= 15 is 0 Å². The molecule has 22 heavy (non-hydrogen) atoms. The summed E-state index contributed by atoms with van der Waals surface area (Å²) in [7, 11) is 0. The van der Waals surface area contributed by atoms with Crippen LogP contribution in [-0.4, -0.2) is 12.5 Å². The van der Waals surface area contributed by atoms with E-state index in [1.165, 1.54) is 5.56 Å². The molecule has 1 amide bonds. The molecule has 0 aliphatic carbocycles. The third kappa shape index (κ3) is 3.88. The number of amides is 1. The lowest BCUT2D eigenvalue weighted by Gasteiger charge is -2.14. The van der Waals surface area contributed by atoms with E-state index < -0.39 is 0 Å². The van der Waals surface area contributed by atoms with Crippen LogP contribution in [0.4, 0.5) is 5.69 Å². The predicted molar refractivity (Wildman–Crippen MR) is 90.6 cm³/mol. The van der Waals surface area contributed by atoms with Gasteiger partial charge >= 0.3 is 0 Å². The fourth-order valence-electron chi connectivity index (χ4n) is 2.67. The smallest absolute Gasteiger partial charge is 0.262 e. The average molecular weight is 297 g/mol. The van der Waals surface area contributed by atoms with Gasteiger partial charge in [0.25, 0.3) is 5.91 Å². The highest BCUT2D eigenvalue weighted by Gasteiger charge is 2.09. The topological polar surface area (TPSA) is 38.3 Å². The van der Waals surface area contributed by atoms with E-state index in [2.05, 4.69) is 31.3 Å². The van der Waals surface area contributed by atoms with Gasteiger partial charge in [-0.2, -0.15) is 0 Å². The molecule has 0 heterocycles. The standard InChI is InChI=1S/C19H23NO2/c1-5-16-8-6-7-9-17(16)20-18(21)12-22-19-14(3)10-13(2)11-15(19)4/h6-11H,5,12H2,1-4H3,(H,20,21). The Morgan fingerprint density at radius 1 is 1.09 bits per heavy atom. The van der Waals surface area contributed by atoms with Crippen molar-refractivity contribution in [1.29, 1.82) is 0 Å². The van der Waals surface area contributed by atoms with Gasteiger partial charge in [0.2, 0.25) is 0 Å². The third-order valence-electron chi connectivity index (χ3n) is 3.62. The van der Waals surface area contributed by atoms with E-state index in [0.29, 0.717) is 0 Å². The molecule has 0 fully saturated rings. The summed E-state index contributed by atoms with van der Waals surface area (Å²) in [6.07, 6.45) is 0.882. The number of nitrogens with one attached hydrogen (secondary N) is 1. The van der Waals surface area contributed by atoms with Crippen molar-refractivity contribution >= 4 is 11.6 Å². The summed E-state index contributed by atoms with van der Waals surface area (Å²) in [4.78, 5) is 12.1. The molecule has 2 aromatic carbocycles. The van der Waals surface area contributed by atoms with Crippen molar-refractivity contribution in [2.45, 2.75) is 34.1 Å². The summed E-state index contributed by atoms with van der Waals surface area (Å²) < 4.78 is 5.72. The SMILES string of the molecule is CCc1ccccc1NC(=O)COc1c(C)cc(C)cc1C. The van der Waals surface area contributed by atoms with Crippen molar-refractivity contribution in [3.63, 3.8) is 0 Å². The molecule has 0 aliphatic rings. The molecule has 0 bridgehead atoms. The molecule has 0 saturated carbocycles. The minimum Gasteiger partial charge on any atom is -0.483 e. The van der Waals surface area contributed by atoms with Crippen LogP contribution in [-0.2, 0) is 11.2 Å². The zero-order chi connectivity index (χ0) is 16.1. The van der Waals surface area contributed by atoms with Crippen LogP contribution >= 0.6 is 0 Å². The van der Waals surface area contributed by atoms with Gasteiger partial charge in [-0.1, -0.05) is 42.8 Å². The average Bonchev–Trinajstić information content (AvgIpc) is 2.46. The second-order valence-corrected chi connectivity index (χ2v) is 5.58. The van der Waals surface area contributed by atoms with Gasteiger partial charge in [-0.15, -0.1) is 0 Å². The van der Waals surface area contributed by atoms with Crippen molar-refractivity contribution in [3.8, 4) is 5.75 Å². The maximum absolute atomic E-state index is 12.1. The van der Waals surface area contributed by atoms with Crippen LogP contribution in [0.25, 0.3) is 0 Å². The van der Waals surface area contributed by atoms with Crippen LogP contribution in [0.15, 0.2) is 36.4 Å². The molecule has 0 unspecified atom stereocenters. The van der Waals surface area contributed by atoms with Crippen LogP contribution in [0.2, 0.25) is 0 Å². The number of carbonyl (C=O) groups excluding carboxylic acids is 1. The summed E-state index contributed by atoms with van der Waals surface area (Å²) in [6, 6.07) is 12.0. The molecule has 2 aromatic rings. The van der Waals surface area contributed by atoms with Crippen LogP contribution < -0.4 is 10.1 Å². The van der Waals surface area contributed by atoms with Crippen LogP contribution in [0.1, 0.15) is 29.2 Å². The van der Waals surface area contributed by atoms with Crippen molar-refractivity contribution in [2.75, 3.05) is 11.9 Å². The Hall–Kier alpha value is -2.29. The van der Waals surface area contributed by atoms with Crippen LogP contribution in [0, 0.1) is 20.8 Å². The Kier molecular flexibility index (Phi) is 5.21. The highest BCUT2D eigenvalue weighted by molar-refractivity contribution is 5.92. The number of aryl methyl sites for hydroxylation is 4. The Morgan fingerprint density at radius 2 is 1.73 bits per heavy atom. The largest absolute Gasteiger partial charge is 0.483 e. The Labute approximate surface area is 132 Å². The minimum atomic E-state index is -0.139. The Morgan fingerprint density at radius 3 is 2.36 bits per heavy atom. The number of hydrogen-bond donors (Lipinski definition) is 1. The van der Waals surface area contributed by atoms with E-state index in [9.17, 15) is 4.79 Å². The molecule has 0 radical (unpaired) electrons. The highest BCUT2D eigenvalue weighted by atomic mass is 16.5. The number of benzene rings is 2. The molecular weight excluding hydrogens is 274 g/mol. The summed E-state index contributed by atoms with van der Waals surface area (Å²) in [5, 5.41) is 2.92. The maximum Gasteiger partial charge on any atom is 0.262 e. The Balaban J connectivity index is 2.02. The fourth-order valence-corrected chi connectivity index (χ4v) is 2.67. The number of para-hydroxylation sites is 1. The third-order valence-corrected chi connectivity index (χ3v) is 3.62. The lowest BCUT2D eigenvalue weighted by molar-refractivity contribution is -0.118. The molecule has 2 rings (SSSR count). The van der Waals surface area contributed by atoms with E-state index in [-0.39, 0.29) is 12.5 Å². The second kappa shape index (κ2) is 7.12. The van der Waals surface area contributed by atoms with E-state index in [0.717, 1.165) is 34.5 Å². The highest BCUT2D eigenvalue weighted by Crippen LogP contribution is 2.24. The molecule has 0 atom stereocenters. The number of ether oxygens (including phenoxy) is 1. The molecule has 3 nitrogen and oxygen atoms in total. The summed E-state index contributed by atoms with van der Waals surface area (Å²) >= 11 is 0.